The Kier molecular flexibility index (Phi) is 5.93. The quantitative estimate of drug-likeness (QED) is 0.696. The highest BCUT2D eigenvalue weighted by atomic mass is 16.5. The molecule has 0 heterocycles. The van der Waals surface area contributed by atoms with E-state index in [1.165, 1.54) is 27.4 Å². The van der Waals surface area contributed by atoms with Crippen LogP contribution in [0.2, 0.25) is 0 Å². The number of aliphatic hydroxyl groups excluding tert-OH is 1. The van der Waals surface area contributed by atoms with Crippen molar-refractivity contribution >= 4 is 5.91 Å². The van der Waals surface area contributed by atoms with E-state index in [1.54, 1.807) is 18.2 Å². The summed E-state index contributed by atoms with van der Waals surface area (Å²) in [6, 6.07) is 5.84. The Morgan fingerprint density at radius 3 is 2.48 bits per heavy atom. The summed E-state index contributed by atoms with van der Waals surface area (Å²) in [7, 11) is 4.29. The van der Waals surface area contributed by atoms with Crippen LogP contribution in [0, 0.1) is 0 Å². The molecule has 2 aromatic rings. The van der Waals surface area contributed by atoms with Gasteiger partial charge in [-0.05, 0) is 47.7 Å². The van der Waals surface area contributed by atoms with Crippen molar-refractivity contribution in [2.24, 2.45) is 0 Å². The molecule has 0 aromatic heterocycles. The first-order valence-electron chi connectivity index (χ1n) is 9.04. The highest BCUT2D eigenvalue weighted by Crippen LogP contribution is 2.49. The van der Waals surface area contributed by atoms with Crippen LogP contribution in [-0.4, -0.2) is 44.1 Å². The van der Waals surface area contributed by atoms with Crippen molar-refractivity contribution in [3.8, 4) is 34.1 Å². The number of rotatable bonds is 5. The lowest BCUT2D eigenvalue weighted by atomic mass is 9.95. The number of benzene rings is 1. The second kappa shape index (κ2) is 8.40. The topological polar surface area (TPSA) is 114 Å². The van der Waals surface area contributed by atoms with Crippen molar-refractivity contribution in [1.82, 2.24) is 5.32 Å². The Balaban J connectivity index is 2.36. The number of nitrogens with one attached hydrogen (secondary N) is 1. The van der Waals surface area contributed by atoms with Crippen LogP contribution in [0.3, 0.4) is 0 Å². The maximum absolute atomic E-state index is 12.6. The van der Waals surface area contributed by atoms with Gasteiger partial charge in [-0.3, -0.25) is 9.59 Å². The van der Waals surface area contributed by atoms with E-state index in [0.29, 0.717) is 29.5 Å². The zero-order valence-corrected chi connectivity index (χ0v) is 16.4. The van der Waals surface area contributed by atoms with Crippen molar-refractivity contribution in [2.45, 2.75) is 18.9 Å². The molecule has 3 N–H and O–H groups in total. The number of phenols is 1. The van der Waals surface area contributed by atoms with Crippen LogP contribution < -0.4 is 25.0 Å². The average Bonchev–Trinajstić information content (AvgIpc) is 2.96. The fraction of sp³-hybridized carbons (Fsp3) is 0.333. The van der Waals surface area contributed by atoms with Gasteiger partial charge in [0.15, 0.2) is 17.2 Å². The summed E-state index contributed by atoms with van der Waals surface area (Å²) in [5.74, 6) is -0.0816. The van der Waals surface area contributed by atoms with Gasteiger partial charge in [-0.1, -0.05) is 6.07 Å². The molecule has 2 aromatic carbocycles. The normalized spacial score (nSPS) is 14.8. The first kappa shape index (κ1) is 20.5. The number of amides is 1. The lowest BCUT2D eigenvalue weighted by Gasteiger charge is -2.18. The van der Waals surface area contributed by atoms with Gasteiger partial charge in [0.05, 0.1) is 27.4 Å². The zero-order valence-electron chi connectivity index (χ0n) is 16.4. The number of carbonyl (C=O) groups excluding carboxylic acids is 1. The molecule has 0 saturated carbocycles. The lowest BCUT2D eigenvalue weighted by molar-refractivity contribution is -0.124. The number of ether oxygens (including phenoxy) is 3. The highest BCUT2D eigenvalue weighted by Gasteiger charge is 2.29. The molecule has 0 fully saturated rings. The number of fused-ring (bicyclic) bond motifs is 3. The Morgan fingerprint density at radius 2 is 1.86 bits per heavy atom. The van der Waals surface area contributed by atoms with Gasteiger partial charge in [0.25, 0.3) is 0 Å². The van der Waals surface area contributed by atoms with Crippen molar-refractivity contribution in [1.29, 1.82) is 0 Å². The number of aryl methyl sites for hydroxylation is 1. The van der Waals surface area contributed by atoms with Crippen molar-refractivity contribution in [3.05, 3.63) is 45.6 Å². The van der Waals surface area contributed by atoms with Crippen LogP contribution in [0.1, 0.15) is 23.6 Å². The van der Waals surface area contributed by atoms with Crippen LogP contribution in [-0.2, 0) is 11.2 Å². The number of carbonyl (C=O) groups is 1. The van der Waals surface area contributed by atoms with Crippen LogP contribution in [0.4, 0.5) is 0 Å². The first-order valence-corrected chi connectivity index (χ1v) is 9.04. The van der Waals surface area contributed by atoms with E-state index in [-0.39, 0.29) is 28.4 Å². The Morgan fingerprint density at radius 1 is 1.14 bits per heavy atom. The monoisotopic (exact) mass is 401 g/mol. The van der Waals surface area contributed by atoms with E-state index in [9.17, 15) is 14.7 Å². The second-order valence-electron chi connectivity index (χ2n) is 6.59. The molecule has 0 radical (unpaired) electrons. The maximum atomic E-state index is 12.6. The molecule has 1 unspecified atom stereocenters. The fourth-order valence-corrected chi connectivity index (χ4v) is 3.68. The average molecular weight is 401 g/mol. The van der Waals surface area contributed by atoms with E-state index >= 15 is 0 Å². The summed E-state index contributed by atoms with van der Waals surface area (Å²) in [5, 5.41) is 22.5. The third kappa shape index (κ3) is 3.71. The molecule has 1 amide bonds. The molecule has 1 atom stereocenters. The SMILES string of the molecule is COc1cc2c(c(OC)c1O)-c1ccc(OC)c(=O)cc1C(NC(=O)CO)CC2. The third-order valence-electron chi connectivity index (χ3n) is 5.01. The van der Waals surface area contributed by atoms with Crippen molar-refractivity contribution < 1.29 is 29.2 Å². The zero-order chi connectivity index (χ0) is 21.1. The second-order valence-corrected chi connectivity index (χ2v) is 6.59. The molecule has 0 saturated heterocycles. The Hall–Kier alpha value is -3.26. The van der Waals surface area contributed by atoms with E-state index in [4.69, 9.17) is 19.3 Å². The molecule has 0 aliphatic heterocycles. The minimum atomic E-state index is -0.663. The Bertz CT molecular complexity index is 1000. The van der Waals surface area contributed by atoms with E-state index in [2.05, 4.69) is 5.32 Å². The number of methoxy groups -OCH3 is 3. The standard InChI is InChI=1S/C21H23NO7/c1-27-16-7-5-12-13(9-15(16)24)14(22-18(25)10-23)6-4-11-8-17(28-2)20(26)21(29-3)19(11)12/h5,7-9,14,23,26H,4,6,10H2,1-3H3,(H,22,25). The van der Waals surface area contributed by atoms with Crippen LogP contribution >= 0.6 is 0 Å². The van der Waals surface area contributed by atoms with Gasteiger partial charge in [0.2, 0.25) is 17.1 Å². The molecule has 0 bridgehead atoms. The number of hydrogen-bond acceptors (Lipinski definition) is 7. The molecule has 29 heavy (non-hydrogen) atoms. The van der Waals surface area contributed by atoms with E-state index in [0.717, 1.165) is 5.56 Å². The number of aliphatic hydroxyl groups is 1. The summed E-state index contributed by atoms with van der Waals surface area (Å²) in [5.41, 5.74) is 2.24. The number of hydrogen-bond donors (Lipinski definition) is 3. The predicted molar refractivity (Wildman–Crippen MR) is 106 cm³/mol. The summed E-state index contributed by atoms with van der Waals surface area (Å²) < 4.78 is 15.9. The number of phenolic OH excluding ortho intramolecular Hbond substituents is 1. The van der Waals surface area contributed by atoms with E-state index in [1.807, 2.05) is 0 Å². The van der Waals surface area contributed by atoms with Crippen molar-refractivity contribution in [2.75, 3.05) is 27.9 Å². The highest BCUT2D eigenvalue weighted by molar-refractivity contribution is 5.83. The van der Waals surface area contributed by atoms with Crippen molar-refractivity contribution in [3.63, 3.8) is 0 Å². The Labute approximate surface area is 167 Å². The molecule has 3 rings (SSSR count). The minimum Gasteiger partial charge on any atom is -0.502 e. The van der Waals surface area contributed by atoms with Crippen LogP contribution in [0.15, 0.2) is 29.1 Å². The summed E-state index contributed by atoms with van der Waals surface area (Å²) in [6.07, 6.45) is 0.983. The fourth-order valence-electron chi connectivity index (χ4n) is 3.68. The van der Waals surface area contributed by atoms with Crippen LogP contribution in [0.25, 0.3) is 11.1 Å². The molecule has 1 aliphatic carbocycles. The van der Waals surface area contributed by atoms with E-state index < -0.39 is 18.6 Å². The van der Waals surface area contributed by atoms with Gasteiger partial charge >= 0.3 is 0 Å². The molecule has 1 aliphatic rings. The van der Waals surface area contributed by atoms with Gasteiger partial charge in [0.1, 0.15) is 6.61 Å². The molecular formula is C21H23NO7. The maximum Gasteiger partial charge on any atom is 0.246 e. The molecule has 154 valence electrons. The largest absolute Gasteiger partial charge is 0.502 e. The smallest absolute Gasteiger partial charge is 0.246 e. The molecule has 8 nitrogen and oxygen atoms in total. The van der Waals surface area contributed by atoms with Crippen LogP contribution in [0.5, 0.6) is 23.0 Å². The molecule has 8 heteroatoms. The lowest BCUT2D eigenvalue weighted by Crippen LogP contribution is -2.31. The minimum absolute atomic E-state index is 0.142. The van der Waals surface area contributed by atoms with Gasteiger partial charge in [-0.25, -0.2) is 0 Å². The first-order chi connectivity index (χ1) is 13.9. The van der Waals surface area contributed by atoms with Gasteiger partial charge < -0.3 is 29.7 Å². The summed E-state index contributed by atoms with van der Waals surface area (Å²) >= 11 is 0. The molecule has 0 spiro atoms. The van der Waals surface area contributed by atoms with Gasteiger partial charge in [-0.2, -0.15) is 0 Å². The molecular weight excluding hydrogens is 378 g/mol. The number of aromatic hydroxyl groups is 1. The summed E-state index contributed by atoms with van der Waals surface area (Å²) in [4.78, 5) is 24.5. The third-order valence-corrected chi connectivity index (χ3v) is 5.01. The van der Waals surface area contributed by atoms with Gasteiger partial charge in [-0.15, -0.1) is 0 Å². The predicted octanol–water partition coefficient (Wildman–Crippen LogP) is 1.54. The summed E-state index contributed by atoms with van der Waals surface area (Å²) in [6.45, 7) is -0.663. The van der Waals surface area contributed by atoms with Gasteiger partial charge in [0, 0.05) is 5.56 Å².